The maximum atomic E-state index is 5.98. The minimum Gasteiger partial charge on any atom is -0.493 e. The second-order valence-corrected chi connectivity index (χ2v) is 6.28. The van der Waals surface area contributed by atoms with Gasteiger partial charge in [0, 0.05) is 23.3 Å². The number of pyridine rings is 1. The predicted molar refractivity (Wildman–Crippen MR) is 101 cm³/mol. The van der Waals surface area contributed by atoms with Gasteiger partial charge in [-0.3, -0.25) is 0 Å². The fraction of sp³-hybridized carbons (Fsp3) is 0.250. The number of nitrogens with zero attached hydrogens (tertiary/aromatic N) is 3. The summed E-state index contributed by atoms with van der Waals surface area (Å²) < 4.78 is 13.7. The Morgan fingerprint density at radius 3 is 2.92 bits per heavy atom. The Bertz CT molecular complexity index is 959. The molecule has 0 fully saturated rings. The van der Waals surface area contributed by atoms with Gasteiger partial charge in [0.2, 0.25) is 5.89 Å². The highest BCUT2D eigenvalue weighted by Gasteiger charge is 2.14. The SMILES string of the molecule is S=C=NCC[n+]1ccc(-c2cnc(-c3ccc4c(c3)CCCO4)o2)cc1. The van der Waals surface area contributed by atoms with Crippen LogP contribution in [0.25, 0.3) is 22.8 Å². The van der Waals surface area contributed by atoms with Crippen LogP contribution in [0.15, 0.2) is 58.3 Å². The average Bonchev–Trinajstić information content (AvgIpc) is 3.19. The first-order chi connectivity index (χ1) is 12.8. The molecule has 0 spiro atoms. The van der Waals surface area contributed by atoms with E-state index in [4.69, 9.17) is 9.15 Å². The van der Waals surface area contributed by atoms with Gasteiger partial charge in [-0.2, -0.15) is 0 Å². The van der Waals surface area contributed by atoms with Gasteiger partial charge in [0.15, 0.2) is 24.7 Å². The third kappa shape index (κ3) is 3.57. The minimum atomic E-state index is 0.625. The molecule has 1 aromatic carbocycles. The molecule has 1 aliphatic heterocycles. The molecule has 0 N–H and O–H groups in total. The molecular weight excluding hydrogens is 346 g/mol. The van der Waals surface area contributed by atoms with E-state index in [1.165, 1.54) is 5.56 Å². The molecule has 0 bridgehead atoms. The standard InChI is InChI=1S/C20H18N3O2S/c26-14-21-7-10-23-8-5-15(6-9-23)19-13-22-20(25-19)17-3-4-18-16(12-17)2-1-11-24-18/h3-6,8-9,12-13H,1-2,7,10-11H2/q+1. The Hall–Kier alpha value is -2.82. The van der Waals surface area contributed by atoms with Crippen molar-refractivity contribution in [2.75, 3.05) is 13.2 Å². The highest BCUT2D eigenvalue weighted by molar-refractivity contribution is 7.78. The first-order valence-corrected chi connectivity index (χ1v) is 8.99. The van der Waals surface area contributed by atoms with Gasteiger partial charge in [-0.25, -0.2) is 14.5 Å². The van der Waals surface area contributed by atoms with Crippen LogP contribution < -0.4 is 9.30 Å². The summed E-state index contributed by atoms with van der Waals surface area (Å²) >= 11 is 4.58. The van der Waals surface area contributed by atoms with E-state index in [-0.39, 0.29) is 0 Å². The monoisotopic (exact) mass is 364 g/mol. The number of thiocarbonyl (C=S) groups is 1. The quantitative estimate of drug-likeness (QED) is 0.393. The van der Waals surface area contributed by atoms with E-state index in [1.807, 2.05) is 41.2 Å². The normalized spacial score (nSPS) is 12.8. The Morgan fingerprint density at radius 1 is 1.19 bits per heavy atom. The van der Waals surface area contributed by atoms with E-state index in [0.717, 1.165) is 48.6 Å². The molecule has 26 heavy (non-hydrogen) atoms. The molecule has 3 aromatic rings. The lowest BCUT2D eigenvalue weighted by Gasteiger charge is -2.17. The van der Waals surface area contributed by atoms with Crippen LogP contribution in [0.3, 0.4) is 0 Å². The van der Waals surface area contributed by atoms with Gasteiger partial charge in [-0.1, -0.05) is 0 Å². The second-order valence-electron chi connectivity index (χ2n) is 6.10. The summed E-state index contributed by atoms with van der Waals surface area (Å²) in [5.41, 5.74) is 3.18. The van der Waals surface area contributed by atoms with Crippen molar-refractivity contribution in [3.63, 3.8) is 0 Å². The van der Waals surface area contributed by atoms with Crippen LogP contribution in [0.5, 0.6) is 5.75 Å². The van der Waals surface area contributed by atoms with Gasteiger partial charge >= 0.3 is 0 Å². The zero-order chi connectivity index (χ0) is 17.8. The van der Waals surface area contributed by atoms with Gasteiger partial charge in [-0.15, -0.1) is 0 Å². The van der Waals surface area contributed by atoms with Gasteiger partial charge in [-0.05, 0) is 48.8 Å². The lowest BCUT2D eigenvalue weighted by Crippen LogP contribution is -2.33. The first kappa shape index (κ1) is 16.6. The smallest absolute Gasteiger partial charge is 0.226 e. The van der Waals surface area contributed by atoms with Gasteiger partial charge in [0.1, 0.15) is 12.3 Å². The number of benzene rings is 1. The van der Waals surface area contributed by atoms with Crippen LogP contribution in [0.1, 0.15) is 12.0 Å². The Morgan fingerprint density at radius 2 is 2.08 bits per heavy atom. The Balaban J connectivity index is 1.53. The molecule has 2 aromatic heterocycles. The van der Waals surface area contributed by atoms with Crippen molar-refractivity contribution in [2.24, 2.45) is 4.99 Å². The second kappa shape index (κ2) is 7.60. The van der Waals surface area contributed by atoms with Gasteiger partial charge in [0.25, 0.3) is 0 Å². The molecule has 4 rings (SSSR count). The van der Waals surface area contributed by atoms with Crippen molar-refractivity contribution in [1.29, 1.82) is 0 Å². The highest BCUT2D eigenvalue weighted by atomic mass is 32.1. The highest BCUT2D eigenvalue weighted by Crippen LogP contribution is 2.31. The summed E-state index contributed by atoms with van der Waals surface area (Å²) in [7, 11) is 0. The van der Waals surface area contributed by atoms with E-state index in [1.54, 1.807) is 6.20 Å². The largest absolute Gasteiger partial charge is 0.493 e. The first-order valence-electron chi connectivity index (χ1n) is 8.58. The van der Waals surface area contributed by atoms with Crippen LogP contribution >= 0.6 is 12.2 Å². The van der Waals surface area contributed by atoms with E-state index in [2.05, 4.69) is 33.4 Å². The van der Waals surface area contributed by atoms with Crippen molar-refractivity contribution >= 4 is 17.4 Å². The van der Waals surface area contributed by atoms with Gasteiger partial charge in [0.05, 0.1) is 18.0 Å². The van der Waals surface area contributed by atoms with Crippen LogP contribution in [-0.4, -0.2) is 23.3 Å². The van der Waals surface area contributed by atoms with Crippen molar-refractivity contribution in [1.82, 2.24) is 4.98 Å². The third-order valence-electron chi connectivity index (χ3n) is 4.37. The van der Waals surface area contributed by atoms with E-state index < -0.39 is 0 Å². The molecule has 0 amide bonds. The number of hydrogen-bond donors (Lipinski definition) is 0. The molecule has 0 atom stereocenters. The third-order valence-corrected chi connectivity index (χ3v) is 4.50. The molecule has 5 nitrogen and oxygen atoms in total. The number of rotatable bonds is 5. The summed E-state index contributed by atoms with van der Waals surface area (Å²) in [5.74, 6) is 2.34. The number of hydrogen-bond acceptors (Lipinski definition) is 5. The number of oxazole rings is 1. The zero-order valence-corrected chi connectivity index (χ0v) is 15.0. The molecule has 0 saturated heterocycles. The van der Waals surface area contributed by atoms with Crippen molar-refractivity contribution in [3.8, 4) is 28.5 Å². The Labute approximate surface area is 157 Å². The molecule has 0 saturated carbocycles. The summed E-state index contributed by atoms with van der Waals surface area (Å²) in [4.78, 5) is 8.37. The summed E-state index contributed by atoms with van der Waals surface area (Å²) in [6, 6.07) is 10.1. The maximum absolute atomic E-state index is 5.98. The molecule has 0 unspecified atom stereocenters. The molecular formula is C20H18N3O2S+. The predicted octanol–water partition coefficient (Wildman–Crippen LogP) is 3.72. The van der Waals surface area contributed by atoms with E-state index >= 15 is 0 Å². The maximum Gasteiger partial charge on any atom is 0.226 e. The van der Waals surface area contributed by atoms with E-state index in [9.17, 15) is 0 Å². The minimum absolute atomic E-state index is 0.625. The van der Waals surface area contributed by atoms with Crippen molar-refractivity contribution in [3.05, 3.63) is 54.5 Å². The summed E-state index contributed by atoms with van der Waals surface area (Å²) in [6.07, 6.45) is 7.83. The molecule has 130 valence electrons. The number of aryl methyl sites for hydroxylation is 1. The molecule has 1 aliphatic rings. The lowest BCUT2D eigenvalue weighted by molar-refractivity contribution is -0.694. The fourth-order valence-corrected chi connectivity index (χ4v) is 3.11. The van der Waals surface area contributed by atoms with Crippen LogP contribution in [0, 0.1) is 0 Å². The Kier molecular flexibility index (Phi) is 4.86. The topological polar surface area (TPSA) is 51.5 Å². The molecule has 6 heteroatoms. The zero-order valence-electron chi connectivity index (χ0n) is 14.2. The lowest BCUT2D eigenvalue weighted by atomic mass is 10.0. The summed E-state index contributed by atoms with van der Waals surface area (Å²) in [5, 5.41) is 2.38. The average molecular weight is 364 g/mol. The van der Waals surface area contributed by atoms with Crippen molar-refractivity contribution in [2.45, 2.75) is 19.4 Å². The molecule has 0 aliphatic carbocycles. The van der Waals surface area contributed by atoms with Crippen LogP contribution in [0.4, 0.5) is 0 Å². The molecule has 3 heterocycles. The fourth-order valence-electron chi connectivity index (χ4n) is 3.02. The number of ether oxygens (including phenoxy) is 1. The number of aromatic nitrogens is 2. The number of fused-ring (bicyclic) bond motifs is 1. The number of isothiocyanates is 1. The van der Waals surface area contributed by atoms with Crippen LogP contribution in [0.2, 0.25) is 0 Å². The number of aliphatic imine (C=N–C) groups is 1. The van der Waals surface area contributed by atoms with Crippen LogP contribution in [-0.2, 0) is 13.0 Å². The molecule has 0 radical (unpaired) electrons. The van der Waals surface area contributed by atoms with E-state index in [0.29, 0.717) is 12.4 Å². The van der Waals surface area contributed by atoms with Crippen molar-refractivity contribution < 1.29 is 13.7 Å². The summed E-state index contributed by atoms with van der Waals surface area (Å²) in [6.45, 7) is 2.19. The van der Waals surface area contributed by atoms with Gasteiger partial charge < -0.3 is 9.15 Å².